The van der Waals surface area contributed by atoms with E-state index in [1.807, 2.05) is 22.4 Å². The Morgan fingerprint density at radius 2 is 1.85 bits per heavy atom. The minimum Gasteiger partial charge on any atom is -0.342 e. The zero-order valence-corrected chi connectivity index (χ0v) is 15.5. The number of amides is 1. The van der Waals surface area contributed by atoms with Crippen LogP contribution in [0, 0.1) is 5.82 Å². The molecule has 2 saturated heterocycles. The average molecular weight is 374 g/mol. The SMILES string of the molecule is O=C(CN1C[C@H](c2ccc(F)cc2)[C@@H](c2csnn2)C1)N1CCCCC1. The second-order valence-electron chi connectivity index (χ2n) is 7.23. The summed E-state index contributed by atoms with van der Waals surface area (Å²) in [6.45, 7) is 3.78. The molecule has 0 bridgehead atoms. The molecule has 0 radical (unpaired) electrons. The Labute approximate surface area is 157 Å². The molecule has 2 fully saturated rings. The van der Waals surface area contributed by atoms with Gasteiger partial charge in [-0.2, -0.15) is 0 Å². The largest absolute Gasteiger partial charge is 0.342 e. The molecule has 1 aromatic carbocycles. The fraction of sp³-hybridized carbons (Fsp3) is 0.526. The van der Waals surface area contributed by atoms with Crippen molar-refractivity contribution in [3.05, 3.63) is 46.7 Å². The summed E-state index contributed by atoms with van der Waals surface area (Å²) in [6, 6.07) is 6.71. The van der Waals surface area contributed by atoms with E-state index in [0.29, 0.717) is 6.54 Å². The summed E-state index contributed by atoms with van der Waals surface area (Å²) in [5, 5.41) is 6.25. The highest BCUT2D eigenvalue weighted by molar-refractivity contribution is 7.03. The Morgan fingerprint density at radius 1 is 1.12 bits per heavy atom. The van der Waals surface area contributed by atoms with Crippen LogP contribution in [0.25, 0.3) is 0 Å². The summed E-state index contributed by atoms with van der Waals surface area (Å²) < 4.78 is 17.3. The highest BCUT2D eigenvalue weighted by atomic mass is 32.1. The van der Waals surface area contributed by atoms with Crippen molar-refractivity contribution >= 4 is 17.4 Å². The molecule has 2 atom stereocenters. The van der Waals surface area contributed by atoms with Crippen LogP contribution in [-0.4, -0.2) is 58.0 Å². The first-order valence-electron chi connectivity index (χ1n) is 9.23. The lowest BCUT2D eigenvalue weighted by atomic mass is 9.87. The first-order chi connectivity index (χ1) is 12.7. The molecular weight excluding hydrogens is 351 g/mol. The molecule has 0 spiro atoms. The van der Waals surface area contributed by atoms with E-state index in [0.717, 1.165) is 50.3 Å². The first kappa shape index (κ1) is 17.5. The summed E-state index contributed by atoms with van der Waals surface area (Å²) in [6.07, 6.45) is 3.44. The normalized spacial score (nSPS) is 24.1. The number of halogens is 1. The number of likely N-dealkylation sites (tertiary alicyclic amines) is 2. The lowest BCUT2D eigenvalue weighted by Gasteiger charge is -2.28. The van der Waals surface area contributed by atoms with Gasteiger partial charge in [0.1, 0.15) is 5.82 Å². The smallest absolute Gasteiger partial charge is 0.236 e. The highest BCUT2D eigenvalue weighted by Gasteiger charge is 2.37. The number of rotatable bonds is 4. The van der Waals surface area contributed by atoms with Crippen LogP contribution < -0.4 is 0 Å². The van der Waals surface area contributed by atoms with E-state index >= 15 is 0 Å². The number of piperidine rings is 1. The summed E-state index contributed by atoms with van der Waals surface area (Å²) in [5.41, 5.74) is 2.06. The number of aromatic nitrogens is 2. The van der Waals surface area contributed by atoms with Crippen LogP contribution in [0.3, 0.4) is 0 Å². The van der Waals surface area contributed by atoms with Crippen LogP contribution in [0.4, 0.5) is 4.39 Å². The number of nitrogens with zero attached hydrogens (tertiary/aromatic N) is 4. The van der Waals surface area contributed by atoms with Gasteiger partial charge in [-0.1, -0.05) is 16.6 Å². The zero-order valence-electron chi connectivity index (χ0n) is 14.7. The van der Waals surface area contributed by atoms with Gasteiger partial charge in [-0.05, 0) is 48.5 Å². The van der Waals surface area contributed by atoms with Crippen LogP contribution in [-0.2, 0) is 4.79 Å². The summed E-state index contributed by atoms with van der Waals surface area (Å²) in [7, 11) is 0. The Kier molecular flexibility index (Phi) is 5.26. The molecule has 0 N–H and O–H groups in total. The molecular formula is C19H23FN4OS. The standard InChI is InChI=1S/C19H23FN4OS/c20-15-6-4-14(5-7-15)16-10-23(11-17(16)18-13-26-22-21-18)12-19(25)24-8-2-1-3-9-24/h4-7,13,16-17H,1-3,8-12H2/t16-,17+/m1/s1. The van der Waals surface area contributed by atoms with E-state index in [1.54, 1.807) is 0 Å². The Bertz CT molecular complexity index is 731. The predicted octanol–water partition coefficient (Wildman–Crippen LogP) is 2.87. The molecule has 0 saturated carbocycles. The third-order valence-electron chi connectivity index (χ3n) is 5.52. The van der Waals surface area contributed by atoms with E-state index in [2.05, 4.69) is 14.5 Å². The van der Waals surface area contributed by atoms with Gasteiger partial charge >= 0.3 is 0 Å². The van der Waals surface area contributed by atoms with Gasteiger partial charge in [0.25, 0.3) is 0 Å². The third-order valence-corrected chi connectivity index (χ3v) is 6.04. The number of carbonyl (C=O) groups is 1. The van der Waals surface area contributed by atoms with Crippen molar-refractivity contribution in [1.29, 1.82) is 0 Å². The van der Waals surface area contributed by atoms with Gasteiger partial charge in [-0.3, -0.25) is 9.69 Å². The van der Waals surface area contributed by atoms with Crippen LogP contribution in [0.15, 0.2) is 29.6 Å². The minimum absolute atomic E-state index is 0.188. The summed E-state index contributed by atoms with van der Waals surface area (Å²) in [4.78, 5) is 16.9. The molecule has 138 valence electrons. The fourth-order valence-electron chi connectivity index (χ4n) is 4.13. The van der Waals surface area contributed by atoms with Crippen molar-refractivity contribution in [1.82, 2.24) is 19.4 Å². The molecule has 5 nitrogen and oxygen atoms in total. The minimum atomic E-state index is -0.226. The maximum atomic E-state index is 13.3. The summed E-state index contributed by atoms with van der Waals surface area (Å²) in [5.74, 6) is 0.386. The van der Waals surface area contributed by atoms with Gasteiger partial charge in [0.2, 0.25) is 5.91 Å². The molecule has 0 unspecified atom stereocenters. The van der Waals surface area contributed by atoms with Crippen LogP contribution in [0.5, 0.6) is 0 Å². The second-order valence-corrected chi connectivity index (χ2v) is 7.84. The molecule has 4 rings (SSSR count). The molecule has 7 heteroatoms. The topological polar surface area (TPSA) is 49.3 Å². The molecule has 3 heterocycles. The molecule has 1 aromatic heterocycles. The van der Waals surface area contributed by atoms with Crippen LogP contribution >= 0.6 is 11.5 Å². The van der Waals surface area contributed by atoms with Crippen molar-refractivity contribution in [2.24, 2.45) is 0 Å². The lowest BCUT2D eigenvalue weighted by molar-refractivity contribution is -0.133. The Balaban J connectivity index is 1.49. The Hall–Kier alpha value is -1.86. The van der Waals surface area contributed by atoms with E-state index in [4.69, 9.17) is 0 Å². The van der Waals surface area contributed by atoms with Crippen molar-refractivity contribution in [2.45, 2.75) is 31.1 Å². The first-order valence-corrected chi connectivity index (χ1v) is 10.1. The molecule has 2 aliphatic heterocycles. The highest BCUT2D eigenvalue weighted by Crippen LogP contribution is 2.39. The van der Waals surface area contributed by atoms with Gasteiger partial charge in [0, 0.05) is 43.4 Å². The van der Waals surface area contributed by atoms with Gasteiger partial charge < -0.3 is 4.90 Å². The third kappa shape index (κ3) is 3.78. The quantitative estimate of drug-likeness (QED) is 0.826. The zero-order chi connectivity index (χ0) is 17.9. The van der Waals surface area contributed by atoms with Crippen molar-refractivity contribution in [2.75, 3.05) is 32.7 Å². The van der Waals surface area contributed by atoms with Gasteiger partial charge in [-0.25, -0.2) is 4.39 Å². The summed E-state index contributed by atoms with van der Waals surface area (Å²) >= 11 is 1.35. The maximum absolute atomic E-state index is 13.3. The Morgan fingerprint density at radius 3 is 2.54 bits per heavy atom. The van der Waals surface area contributed by atoms with Crippen LogP contribution in [0.1, 0.15) is 42.4 Å². The maximum Gasteiger partial charge on any atom is 0.236 e. The van der Waals surface area contributed by atoms with Crippen molar-refractivity contribution in [3.8, 4) is 0 Å². The number of hydrogen-bond donors (Lipinski definition) is 0. The molecule has 2 aliphatic rings. The number of hydrogen-bond acceptors (Lipinski definition) is 5. The van der Waals surface area contributed by atoms with Crippen LogP contribution in [0.2, 0.25) is 0 Å². The number of carbonyl (C=O) groups excluding carboxylic acids is 1. The van der Waals surface area contributed by atoms with E-state index < -0.39 is 0 Å². The monoisotopic (exact) mass is 374 g/mol. The van der Waals surface area contributed by atoms with E-state index in [1.165, 1.54) is 30.1 Å². The fourth-order valence-corrected chi connectivity index (χ4v) is 4.65. The molecule has 0 aliphatic carbocycles. The van der Waals surface area contributed by atoms with E-state index in [9.17, 15) is 9.18 Å². The predicted molar refractivity (Wildman–Crippen MR) is 98.7 cm³/mol. The average Bonchev–Trinajstić information content (AvgIpc) is 3.33. The van der Waals surface area contributed by atoms with Crippen molar-refractivity contribution in [3.63, 3.8) is 0 Å². The molecule has 26 heavy (non-hydrogen) atoms. The van der Waals surface area contributed by atoms with E-state index in [-0.39, 0.29) is 23.6 Å². The number of benzene rings is 1. The van der Waals surface area contributed by atoms with Gasteiger partial charge in [0.15, 0.2) is 0 Å². The second kappa shape index (κ2) is 7.80. The molecule has 1 amide bonds. The van der Waals surface area contributed by atoms with Gasteiger partial charge in [-0.15, -0.1) is 5.10 Å². The molecule has 2 aromatic rings. The van der Waals surface area contributed by atoms with Gasteiger partial charge in [0.05, 0.1) is 12.2 Å². The lowest BCUT2D eigenvalue weighted by Crippen LogP contribution is -2.42. The van der Waals surface area contributed by atoms with Crippen molar-refractivity contribution < 1.29 is 9.18 Å².